The fourth-order valence-electron chi connectivity index (χ4n) is 1.12. The van der Waals surface area contributed by atoms with E-state index >= 15 is 0 Å². The van der Waals surface area contributed by atoms with E-state index in [4.69, 9.17) is 11.6 Å². The number of nitrogens with one attached hydrogen (secondary N) is 2. The van der Waals surface area contributed by atoms with Crippen LogP contribution in [0.4, 0.5) is 23.7 Å². The lowest BCUT2D eigenvalue weighted by Gasteiger charge is -2.11. The summed E-state index contributed by atoms with van der Waals surface area (Å²) >= 11 is 5.68. The van der Waals surface area contributed by atoms with Crippen LogP contribution in [-0.4, -0.2) is 12.6 Å². The van der Waals surface area contributed by atoms with Crippen molar-refractivity contribution < 1.29 is 18.0 Å². The molecule has 0 saturated carbocycles. The SMILES string of the molecule is CCNC(=O)Nc1cc(C(F)(F)F)ccc1Cl. The Kier molecular flexibility index (Phi) is 4.22. The average molecular weight is 267 g/mol. The van der Waals surface area contributed by atoms with Crippen molar-refractivity contribution in [2.45, 2.75) is 13.1 Å². The van der Waals surface area contributed by atoms with Crippen LogP contribution in [0.1, 0.15) is 12.5 Å². The second-order valence-electron chi connectivity index (χ2n) is 3.18. The Labute approximate surface area is 101 Å². The summed E-state index contributed by atoms with van der Waals surface area (Å²) in [6, 6.07) is 2.13. The minimum Gasteiger partial charge on any atom is -0.338 e. The Balaban J connectivity index is 2.95. The zero-order chi connectivity index (χ0) is 13.1. The van der Waals surface area contributed by atoms with Gasteiger partial charge in [-0.05, 0) is 25.1 Å². The Morgan fingerprint density at radius 3 is 2.59 bits per heavy atom. The molecular weight excluding hydrogens is 257 g/mol. The number of urea groups is 1. The summed E-state index contributed by atoms with van der Waals surface area (Å²) in [6.07, 6.45) is -4.47. The molecule has 1 aromatic carbocycles. The van der Waals surface area contributed by atoms with Crippen LogP contribution in [0.5, 0.6) is 0 Å². The Morgan fingerprint density at radius 1 is 1.41 bits per heavy atom. The molecule has 2 N–H and O–H groups in total. The third kappa shape index (κ3) is 3.81. The van der Waals surface area contributed by atoms with E-state index in [1.165, 1.54) is 0 Å². The minimum absolute atomic E-state index is 0.0456. The van der Waals surface area contributed by atoms with Crippen molar-refractivity contribution in [3.8, 4) is 0 Å². The number of alkyl halides is 3. The molecular formula is C10H10ClF3N2O. The van der Waals surface area contributed by atoms with Gasteiger partial charge >= 0.3 is 12.2 Å². The van der Waals surface area contributed by atoms with Gasteiger partial charge in [-0.3, -0.25) is 0 Å². The molecule has 0 aliphatic carbocycles. The fourth-order valence-corrected chi connectivity index (χ4v) is 1.29. The van der Waals surface area contributed by atoms with Gasteiger partial charge < -0.3 is 10.6 Å². The lowest BCUT2D eigenvalue weighted by molar-refractivity contribution is -0.137. The maximum absolute atomic E-state index is 12.4. The quantitative estimate of drug-likeness (QED) is 0.845. The van der Waals surface area contributed by atoms with Gasteiger partial charge in [0, 0.05) is 6.54 Å². The van der Waals surface area contributed by atoms with Gasteiger partial charge in [0.15, 0.2) is 0 Å². The molecule has 2 amide bonds. The van der Waals surface area contributed by atoms with Gasteiger partial charge in [0.2, 0.25) is 0 Å². The van der Waals surface area contributed by atoms with E-state index in [9.17, 15) is 18.0 Å². The summed E-state index contributed by atoms with van der Waals surface area (Å²) in [5.74, 6) is 0. The molecule has 0 aliphatic heterocycles. The van der Waals surface area contributed by atoms with Crippen molar-refractivity contribution in [3.05, 3.63) is 28.8 Å². The van der Waals surface area contributed by atoms with Crippen LogP contribution in [0.15, 0.2) is 18.2 Å². The molecule has 7 heteroatoms. The van der Waals surface area contributed by atoms with Crippen molar-refractivity contribution in [2.75, 3.05) is 11.9 Å². The van der Waals surface area contributed by atoms with Crippen LogP contribution in [0.3, 0.4) is 0 Å². The Hall–Kier alpha value is -1.43. The largest absolute Gasteiger partial charge is 0.416 e. The number of anilines is 1. The molecule has 0 heterocycles. The van der Waals surface area contributed by atoms with E-state index in [0.29, 0.717) is 6.54 Å². The summed E-state index contributed by atoms with van der Waals surface area (Å²) in [6.45, 7) is 2.05. The molecule has 0 fully saturated rings. The standard InChI is InChI=1S/C10H10ClF3N2O/c1-2-15-9(17)16-8-5-6(10(12,13)14)3-4-7(8)11/h3-5H,2H2,1H3,(H2,15,16,17). The average Bonchev–Trinajstić information content (AvgIpc) is 2.20. The molecule has 1 rings (SSSR count). The normalized spacial score (nSPS) is 11.1. The van der Waals surface area contributed by atoms with E-state index in [-0.39, 0.29) is 10.7 Å². The molecule has 17 heavy (non-hydrogen) atoms. The molecule has 0 aromatic heterocycles. The molecule has 3 nitrogen and oxygen atoms in total. The second kappa shape index (κ2) is 5.27. The smallest absolute Gasteiger partial charge is 0.338 e. The molecule has 0 unspecified atom stereocenters. The van der Waals surface area contributed by atoms with Crippen LogP contribution in [0, 0.1) is 0 Å². The number of hydrogen-bond donors (Lipinski definition) is 2. The van der Waals surface area contributed by atoms with Crippen molar-refractivity contribution in [3.63, 3.8) is 0 Å². The van der Waals surface area contributed by atoms with Crippen molar-refractivity contribution >= 4 is 23.3 Å². The lowest BCUT2D eigenvalue weighted by Crippen LogP contribution is -2.28. The van der Waals surface area contributed by atoms with Gasteiger partial charge in [0.1, 0.15) is 0 Å². The zero-order valence-electron chi connectivity index (χ0n) is 8.86. The van der Waals surface area contributed by atoms with Crippen molar-refractivity contribution in [1.29, 1.82) is 0 Å². The number of halogens is 4. The fraction of sp³-hybridized carbons (Fsp3) is 0.300. The maximum Gasteiger partial charge on any atom is 0.416 e. The first-order valence-electron chi connectivity index (χ1n) is 4.76. The summed E-state index contributed by atoms with van der Waals surface area (Å²) in [4.78, 5) is 11.2. The van der Waals surface area contributed by atoms with Crippen LogP contribution >= 0.6 is 11.6 Å². The third-order valence-electron chi connectivity index (χ3n) is 1.88. The van der Waals surface area contributed by atoms with Crippen LogP contribution in [0.2, 0.25) is 5.02 Å². The van der Waals surface area contributed by atoms with Gasteiger partial charge in [0.05, 0.1) is 16.3 Å². The van der Waals surface area contributed by atoms with E-state index in [0.717, 1.165) is 18.2 Å². The van der Waals surface area contributed by atoms with E-state index in [1.807, 2.05) is 0 Å². The minimum atomic E-state index is -4.47. The predicted molar refractivity (Wildman–Crippen MR) is 59.1 cm³/mol. The highest BCUT2D eigenvalue weighted by Gasteiger charge is 2.31. The first kappa shape index (κ1) is 13.6. The topological polar surface area (TPSA) is 41.1 Å². The third-order valence-corrected chi connectivity index (χ3v) is 2.21. The molecule has 0 atom stereocenters. The van der Waals surface area contributed by atoms with E-state index in [1.54, 1.807) is 6.92 Å². The monoisotopic (exact) mass is 266 g/mol. The number of rotatable bonds is 2. The van der Waals surface area contributed by atoms with Gasteiger partial charge in [-0.15, -0.1) is 0 Å². The van der Waals surface area contributed by atoms with Gasteiger partial charge in [-0.25, -0.2) is 4.79 Å². The van der Waals surface area contributed by atoms with E-state index in [2.05, 4.69) is 10.6 Å². The molecule has 0 bridgehead atoms. The summed E-state index contributed by atoms with van der Waals surface area (Å²) in [5.41, 5.74) is -0.943. The Morgan fingerprint density at radius 2 is 2.06 bits per heavy atom. The first-order chi connectivity index (χ1) is 7.84. The first-order valence-corrected chi connectivity index (χ1v) is 5.14. The van der Waals surface area contributed by atoms with Crippen molar-refractivity contribution in [2.24, 2.45) is 0 Å². The molecule has 0 radical (unpaired) electrons. The highest BCUT2D eigenvalue weighted by atomic mass is 35.5. The van der Waals surface area contributed by atoms with Gasteiger partial charge in [0.25, 0.3) is 0 Å². The van der Waals surface area contributed by atoms with Crippen LogP contribution in [-0.2, 0) is 6.18 Å². The predicted octanol–water partition coefficient (Wildman–Crippen LogP) is 3.50. The van der Waals surface area contributed by atoms with Crippen molar-refractivity contribution in [1.82, 2.24) is 5.32 Å². The van der Waals surface area contributed by atoms with Gasteiger partial charge in [-0.2, -0.15) is 13.2 Å². The van der Waals surface area contributed by atoms with Crippen LogP contribution < -0.4 is 10.6 Å². The summed E-state index contributed by atoms with van der Waals surface area (Å²) in [5, 5.41) is 4.68. The number of hydrogen-bond acceptors (Lipinski definition) is 1. The molecule has 0 aliphatic rings. The highest BCUT2D eigenvalue weighted by Crippen LogP contribution is 2.33. The van der Waals surface area contributed by atoms with Crippen LogP contribution in [0.25, 0.3) is 0 Å². The summed E-state index contributed by atoms with van der Waals surface area (Å²) in [7, 11) is 0. The number of benzene rings is 1. The number of carbonyl (C=O) groups is 1. The second-order valence-corrected chi connectivity index (χ2v) is 3.58. The van der Waals surface area contributed by atoms with Gasteiger partial charge in [-0.1, -0.05) is 11.6 Å². The molecule has 1 aromatic rings. The summed E-state index contributed by atoms with van der Waals surface area (Å²) < 4.78 is 37.2. The molecule has 0 saturated heterocycles. The Bertz CT molecular complexity index is 421. The number of carbonyl (C=O) groups excluding carboxylic acids is 1. The number of amides is 2. The molecule has 94 valence electrons. The van der Waals surface area contributed by atoms with E-state index < -0.39 is 17.8 Å². The highest BCUT2D eigenvalue weighted by molar-refractivity contribution is 6.33. The maximum atomic E-state index is 12.4. The zero-order valence-corrected chi connectivity index (χ0v) is 9.62. The molecule has 0 spiro atoms. The lowest BCUT2D eigenvalue weighted by atomic mass is 10.2.